The largest absolute Gasteiger partial charge is 0.354 e. The Labute approximate surface area is 109 Å². The minimum Gasteiger partial charge on any atom is -0.354 e. The Bertz CT molecular complexity index is 364. The molecular weight excluding hydrogens is 230 g/mol. The molecule has 0 aliphatic rings. The molecule has 1 heterocycles. The molecule has 0 amide bonds. The van der Waals surface area contributed by atoms with Gasteiger partial charge in [-0.1, -0.05) is 0 Å². The molecule has 0 radical (unpaired) electrons. The Balaban J connectivity index is 2.75. The van der Waals surface area contributed by atoms with Gasteiger partial charge in [0.1, 0.15) is 0 Å². The van der Waals surface area contributed by atoms with Gasteiger partial charge in [0.25, 0.3) is 0 Å². The van der Waals surface area contributed by atoms with Gasteiger partial charge < -0.3 is 20.4 Å². The predicted octanol–water partition coefficient (Wildman–Crippen LogP) is 0.343. The zero-order valence-electron chi connectivity index (χ0n) is 11.9. The normalized spacial score (nSPS) is 10.6. The Hall–Kier alpha value is -1.63. The van der Waals surface area contributed by atoms with Crippen LogP contribution < -0.4 is 15.5 Å². The van der Waals surface area contributed by atoms with Crippen LogP contribution in [0.4, 0.5) is 17.8 Å². The minimum absolute atomic E-state index is 0.601. The predicted molar refractivity (Wildman–Crippen MR) is 75.4 cm³/mol. The van der Waals surface area contributed by atoms with E-state index >= 15 is 0 Å². The lowest BCUT2D eigenvalue weighted by Crippen LogP contribution is -2.23. The van der Waals surface area contributed by atoms with Gasteiger partial charge in [0.2, 0.25) is 17.8 Å². The number of aromatic nitrogens is 3. The number of nitrogens with zero attached hydrogens (tertiary/aromatic N) is 5. The van der Waals surface area contributed by atoms with E-state index in [9.17, 15) is 0 Å². The summed E-state index contributed by atoms with van der Waals surface area (Å²) in [5.74, 6) is 1.85. The van der Waals surface area contributed by atoms with E-state index in [2.05, 4.69) is 30.5 Å². The van der Waals surface area contributed by atoms with Crippen molar-refractivity contribution in [2.45, 2.75) is 6.92 Å². The average molecular weight is 253 g/mol. The zero-order chi connectivity index (χ0) is 13.5. The molecule has 1 rings (SSSR count). The van der Waals surface area contributed by atoms with Crippen molar-refractivity contribution in [3.05, 3.63) is 0 Å². The van der Waals surface area contributed by atoms with E-state index in [4.69, 9.17) is 0 Å². The Morgan fingerprint density at radius 2 is 1.56 bits per heavy atom. The Morgan fingerprint density at radius 1 is 0.944 bits per heavy atom. The summed E-state index contributed by atoms with van der Waals surface area (Å²) in [6.45, 7) is 4.53. The molecule has 1 aromatic rings. The highest BCUT2D eigenvalue weighted by atomic mass is 15.3. The fourth-order valence-electron chi connectivity index (χ4n) is 1.27. The molecule has 0 unspecified atom stereocenters. The molecule has 1 aromatic heterocycles. The molecule has 0 saturated heterocycles. The number of hydrogen-bond acceptors (Lipinski definition) is 7. The zero-order valence-corrected chi connectivity index (χ0v) is 11.9. The smallest absolute Gasteiger partial charge is 0.231 e. The van der Waals surface area contributed by atoms with Crippen LogP contribution in [0.3, 0.4) is 0 Å². The van der Waals surface area contributed by atoms with E-state index in [0.717, 1.165) is 19.6 Å². The van der Waals surface area contributed by atoms with Crippen molar-refractivity contribution in [3.63, 3.8) is 0 Å². The van der Waals surface area contributed by atoms with Crippen molar-refractivity contribution in [2.75, 3.05) is 63.4 Å². The van der Waals surface area contributed by atoms with Gasteiger partial charge in [0, 0.05) is 33.7 Å². The summed E-state index contributed by atoms with van der Waals surface area (Å²) in [6.07, 6.45) is 0. The lowest BCUT2D eigenvalue weighted by Gasteiger charge is -2.14. The fraction of sp³-hybridized carbons (Fsp3) is 0.727. The maximum atomic E-state index is 4.35. The molecular formula is C11H23N7. The first-order valence-corrected chi connectivity index (χ1v) is 6.08. The van der Waals surface area contributed by atoms with Gasteiger partial charge in [-0.15, -0.1) is 0 Å². The lowest BCUT2D eigenvalue weighted by molar-refractivity contribution is 0.425. The lowest BCUT2D eigenvalue weighted by atomic mass is 10.6. The van der Waals surface area contributed by atoms with E-state index in [-0.39, 0.29) is 0 Å². The van der Waals surface area contributed by atoms with Gasteiger partial charge in [-0.2, -0.15) is 15.0 Å². The standard InChI is InChI=1S/C11H23N7/c1-6-12-9-14-10(13-7-8-17(2)3)16-11(15-9)18(4)5/h6-8H2,1-5H3,(H2,12,13,14,15,16). The molecule has 0 aromatic carbocycles. The van der Waals surface area contributed by atoms with E-state index < -0.39 is 0 Å². The SMILES string of the molecule is CCNc1nc(NCCN(C)C)nc(N(C)C)n1. The highest BCUT2D eigenvalue weighted by Gasteiger charge is 2.07. The van der Waals surface area contributed by atoms with E-state index in [1.54, 1.807) is 0 Å². The Morgan fingerprint density at radius 3 is 2.06 bits per heavy atom. The molecule has 0 aliphatic carbocycles. The first-order valence-electron chi connectivity index (χ1n) is 6.08. The molecule has 7 nitrogen and oxygen atoms in total. The van der Waals surface area contributed by atoms with Crippen LogP contribution in [0.5, 0.6) is 0 Å². The first-order chi connectivity index (χ1) is 8.52. The number of anilines is 3. The summed E-state index contributed by atoms with van der Waals surface area (Å²) >= 11 is 0. The summed E-state index contributed by atoms with van der Waals surface area (Å²) in [6, 6.07) is 0. The van der Waals surface area contributed by atoms with Crippen molar-refractivity contribution in [3.8, 4) is 0 Å². The van der Waals surface area contributed by atoms with Crippen LogP contribution in [0.25, 0.3) is 0 Å². The van der Waals surface area contributed by atoms with Crippen LogP contribution in [0.1, 0.15) is 6.92 Å². The van der Waals surface area contributed by atoms with Gasteiger partial charge in [-0.25, -0.2) is 0 Å². The molecule has 102 valence electrons. The quantitative estimate of drug-likeness (QED) is 0.726. The van der Waals surface area contributed by atoms with Crippen LogP contribution in [0, 0.1) is 0 Å². The summed E-state index contributed by atoms with van der Waals surface area (Å²) in [4.78, 5) is 16.9. The minimum atomic E-state index is 0.601. The fourth-order valence-corrected chi connectivity index (χ4v) is 1.27. The van der Waals surface area contributed by atoms with Crippen molar-refractivity contribution >= 4 is 17.8 Å². The average Bonchev–Trinajstić information content (AvgIpc) is 2.28. The van der Waals surface area contributed by atoms with Crippen LogP contribution in [0.2, 0.25) is 0 Å². The van der Waals surface area contributed by atoms with Gasteiger partial charge in [-0.05, 0) is 21.0 Å². The second-order valence-electron chi connectivity index (χ2n) is 4.44. The summed E-state index contributed by atoms with van der Waals surface area (Å²) in [5, 5.41) is 6.30. The van der Waals surface area contributed by atoms with E-state index in [1.807, 2.05) is 40.0 Å². The third-order valence-electron chi connectivity index (χ3n) is 2.20. The van der Waals surface area contributed by atoms with Crippen LogP contribution in [-0.2, 0) is 0 Å². The second kappa shape index (κ2) is 6.95. The second-order valence-corrected chi connectivity index (χ2v) is 4.44. The summed E-state index contributed by atoms with van der Waals surface area (Å²) in [5.41, 5.74) is 0. The maximum Gasteiger partial charge on any atom is 0.231 e. The van der Waals surface area contributed by atoms with Crippen molar-refractivity contribution in [2.24, 2.45) is 0 Å². The van der Waals surface area contributed by atoms with Crippen LogP contribution >= 0.6 is 0 Å². The van der Waals surface area contributed by atoms with E-state index in [0.29, 0.717) is 17.8 Å². The topological polar surface area (TPSA) is 69.2 Å². The third-order valence-corrected chi connectivity index (χ3v) is 2.20. The number of likely N-dealkylation sites (N-methyl/N-ethyl adjacent to an activating group) is 1. The molecule has 18 heavy (non-hydrogen) atoms. The van der Waals surface area contributed by atoms with Gasteiger partial charge in [0.15, 0.2) is 0 Å². The molecule has 2 N–H and O–H groups in total. The molecule has 0 atom stereocenters. The van der Waals surface area contributed by atoms with Crippen molar-refractivity contribution < 1.29 is 0 Å². The number of rotatable bonds is 7. The molecule has 0 aliphatic heterocycles. The van der Waals surface area contributed by atoms with Gasteiger partial charge in [0.05, 0.1) is 0 Å². The summed E-state index contributed by atoms with van der Waals surface area (Å²) < 4.78 is 0. The molecule has 7 heteroatoms. The van der Waals surface area contributed by atoms with Gasteiger partial charge >= 0.3 is 0 Å². The maximum absolute atomic E-state index is 4.35. The van der Waals surface area contributed by atoms with Crippen molar-refractivity contribution in [1.29, 1.82) is 0 Å². The van der Waals surface area contributed by atoms with E-state index in [1.165, 1.54) is 0 Å². The number of nitrogens with one attached hydrogen (secondary N) is 2. The van der Waals surface area contributed by atoms with Crippen molar-refractivity contribution in [1.82, 2.24) is 19.9 Å². The van der Waals surface area contributed by atoms with Gasteiger partial charge in [-0.3, -0.25) is 0 Å². The third kappa shape index (κ3) is 4.70. The summed E-state index contributed by atoms with van der Waals surface area (Å²) in [7, 11) is 7.89. The highest BCUT2D eigenvalue weighted by molar-refractivity contribution is 5.42. The van der Waals surface area contributed by atoms with Crippen LogP contribution in [0.15, 0.2) is 0 Å². The molecule has 0 bridgehead atoms. The number of hydrogen-bond donors (Lipinski definition) is 2. The monoisotopic (exact) mass is 253 g/mol. The molecule has 0 spiro atoms. The first kappa shape index (κ1) is 14.4. The molecule has 0 fully saturated rings. The highest BCUT2D eigenvalue weighted by Crippen LogP contribution is 2.10. The Kier molecular flexibility index (Phi) is 5.57. The van der Waals surface area contributed by atoms with Crippen LogP contribution in [-0.4, -0.2) is 67.7 Å². The molecule has 0 saturated carbocycles.